The highest BCUT2D eigenvalue weighted by Gasteiger charge is 2.28. The van der Waals surface area contributed by atoms with Gasteiger partial charge in [0.2, 0.25) is 0 Å². The number of para-hydroxylation sites is 1. The van der Waals surface area contributed by atoms with Crippen molar-refractivity contribution in [1.29, 1.82) is 0 Å². The van der Waals surface area contributed by atoms with Crippen LogP contribution < -0.4 is 10.2 Å². The number of amides is 1. The third-order valence-corrected chi connectivity index (χ3v) is 5.29. The summed E-state index contributed by atoms with van der Waals surface area (Å²) in [4.78, 5) is 13.8. The lowest BCUT2D eigenvalue weighted by Gasteiger charge is -2.32. The smallest absolute Gasteiger partial charge is 0.250 e. The molecule has 2 atom stereocenters. The highest BCUT2D eigenvalue weighted by molar-refractivity contribution is 6.03. The van der Waals surface area contributed by atoms with Crippen molar-refractivity contribution in [2.24, 2.45) is 0 Å². The van der Waals surface area contributed by atoms with Crippen molar-refractivity contribution in [1.82, 2.24) is 0 Å². The van der Waals surface area contributed by atoms with Crippen LogP contribution in [-0.4, -0.2) is 19.5 Å². The van der Waals surface area contributed by atoms with Crippen molar-refractivity contribution in [3.8, 4) is 0 Å². The zero-order chi connectivity index (χ0) is 17.8. The van der Waals surface area contributed by atoms with Crippen molar-refractivity contribution in [3.05, 3.63) is 76.9 Å². The number of rotatable bonds is 4. The summed E-state index contributed by atoms with van der Waals surface area (Å²) >= 11 is 0. The van der Waals surface area contributed by atoms with E-state index in [1.807, 2.05) is 32.1 Å². The number of allylic oxidation sites excluding steroid dienone is 1. The molecule has 0 radical (unpaired) electrons. The fourth-order valence-corrected chi connectivity index (χ4v) is 3.55. The van der Waals surface area contributed by atoms with Crippen molar-refractivity contribution in [2.75, 3.05) is 18.9 Å². The fraction of sp³-hybridized carbons (Fsp3) is 0.318. The van der Waals surface area contributed by atoms with Gasteiger partial charge < -0.3 is 10.2 Å². The monoisotopic (exact) mass is 335 g/mol. The molecular weight excluding hydrogens is 308 g/mol. The summed E-state index contributed by atoms with van der Waals surface area (Å²) < 4.78 is 0. The summed E-state index contributed by atoms with van der Waals surface area (Å²) in [5, 5.41) is 3.07. The Labute approximate surface area is 150 Å². The van der Waals surface area contributed by atoms with Crippen LogP contribution in [-0.2, 0) is 17.6 Å². The van der Waals surface area contributed by atoms with Crippen LogP contribution in [0, 0.1) is 0 Å². The normalized spacial score (nSPS) is 20.0. The number of likely N-dealkylation sites (N-methyl/N-ethyl adjacent to an activating group) is 1. The third kappa shape index (κ3) is 3.83. The van der Waals surface area contributed by atoms with E-state index in [2.05, 4.69) is 48.8 Å². The zero-order valence-corrected chi connectivity index (χ0v) is 15.3. The minimum absolute atomic E-state index is 0.0281. The molecule has 1 unspecified atom stereocenters. The van der Waals surface area contributed by atoms with Crippen molar-refractivity contribution < 1.29 is 9.69 Å². The van der Waals surface area contributed by atoms with Crippen molar-refractivity contribution in [3.63, 3.8) is 0 Å². The van der Waals surface area contributed by atoms with E-state index < -0.39 is 0 Å². The van der Waals surface area contributed by atoms with Gasteiger partial charge in [0, 0.05) is 29.7 Å². The van der Waals surface area contributed by atoms with Crippen LogP contribution >= 0.6 is 0 Å². The summed E-state index contributed by atoms with van der Waals surface area (Å²) in [6.07, 6.45) is 3.90. The fourth-order valence-electron chi connectivity index (χ4n) is 3.55. The summed E-state index contributed by atoms with van der Waals surface area (Å²) in [7, 11) is 2.27. The van der Waals surface area contributed by atoms with Gasteiger partial charge in [-0.2, -0.15) is 0 Å². The molecule has 0 saturated heterocycles. The molecule has 1 aliphatic heterocycles. The largest absolute Gasteiger partial charge is 0.331 e. The van der Waals surface area contributed by atoms with Crippen LogP contribution in [0.4, 0.5) is 5.69 Å². The number of anilines is 1. The lowest BCUT2D eigenvalue weighted by molar-refractivity contribution is -0.914. The van der Waals surface area contributed by atoms with Gasteiger partial charge in [-0.25, -0.2) is 0 Å². The number of benzene rings is 2. The van der Waals surface area contributed by atoms with Crippen molar-refractivity contribution >= 4 is 11.6 Å². The number of carbonyl (C=O) groups is 1. The summed E-state index contributed by atoms with van der Waals surface area (Å²) in [6, 6.07) is 17.4. The van der Waals surface area contributed by atoms with Gasteiger partial charge in [-0.05, 0) is 31.0 Å². The van der Waals surface area contributed by atoms with Crippen LogP contribution in [0.1, 0.15) is 36.6 Å². The van der Waals surface area contributed by atoms with Gasteiger partial charge in [-0.15, -0.1) is 0 Å². The molecule has 3 heteroatoms. The first-order chi connectivity index (χ1) is 12.1. The number of fused-ring (bicyclic) bond motifs is 1. The molecule has 0 fully saturated rings. The van der Waals surface area contributed by atoms with Crippen LogP contribution in [0.15, 0.2) is 60.2 Å². The number of nitrogens with one attached hydrogen (secondary N) is 2. The molecule has 0 spiro atoms. The van der Waals surface area contributed by atoms with Crippen LogP contribution in [0.25, 0.3) is 0 Å². The van der Waals surface area contributed by atoms with Gasteiger partial charge in [0.05, 0.1) is 13.6 Å². The van der Waals surface area contributed by atoms with Gasteiger partial charge in [-0.1, -0.05) is 48.5 Å². The first kappa shape index (κ1) is 17.4. The van der Waals surface area contributed by atoms with Crippen molar-refractivity contribution in [2.45, 2.75) is 32.7 Å². The third-order valence-electron chi connectivity index (χ3n) is 5.29. The number of carbonyl (C=O) groups excluding carboxylic acids is 1. The second-order valence-electron chi connectivity index (χ2n) is 6.88. The van der Waals surface area contributed by atoms with E-state index in [1.54, 1.807) is 0 Å². The molecule has 3 rings (SSSR count). The molecule has 3 nitrogen and oxygen atoms in total. The SMILES string of the molecule is C/C=C(\C)C(=O)Nc1ccccc1C[C@@H]1c2ccccc2CC[NH+]1C. The Hall–Kier alpha value is -2.39. The Morgan fingerprint density at radius 3 is 2.72 bits per heavy atom. The molecule has 1 amide bonds. The molecule has 25 heavy (non-hydrogen) atoms. The first-order valence-electron chi connectivity index (χ1n) is 9.02. The minimum atomic E-state index is -0.0281. The van der Waals surface area contributed by atoms with E-state index in [1.165, 1.54) is 21.6 Å². The van der Waals surface area contributed by atoms with Gasteiger partial charge in [-0.3, -0.25) is 4.79 Å². The maximum atomic E-state index is 12.3. The van der Waals surface area contributed by atoms with Gasteiger partial charge in [0.1, 0.15) is 6.04 Å². The van der Waals surface area contributed by atoms with Gasteiger partial charge in [0.25, 0.3) is 5.91 Å². The van der Waals surface area contributed by atoms with E-state index in [0.717, 1.165) is 30.6 Å². The lowest BCUT2D eigenvalue weighted by Crippen LogP contribution is -3.10. The Balaban J connectivity index is 1.88. The Morgan fingerprint density at radius 2 is 1.92 bits per heavy atom. The first-order valence-corrected chi connectivity index (χ1v) is 9.02. The van der Waals surface area contributed by atoms with E-state index in [-0.39, 0.29) is 5.91 Å². The highest BCUT2D eigenvalue weighted by atomic mass is 16.1. The Bertz CT molecular complexity index is 794. The Morgan fingerprint density at radius 1 is 1.20 bits per heavy atom. The molecule has 0 aromatic heterocycles. The number of hydrogen-bond acceptors (Lipinski definition) is 1. The molecule has 1 heterocycles. The van der Waals surface area contributed by atoms with E-state index in [0.29, 0.717) is 6.04 Å². The predicted molar refractivity (Wildman–Crippen MR) is 103 cm³/mol. The second-order valence-corrected chi connectivity index (χ2v) is 6.88. The van der Waals surface area contributed by atoms with E-state index >= 15 is 0 Å². The summed E-state index contributed by atoms with van der Waals surface area (Å²) in [6.45, 7) is 4.87. The zero-order valence-electron chi connectivity index (χ0n) is 15.3. The topological polar surface area (TPSA) is 33.5 Å². The lowest BCUT2D eigenvalue weighted by atomic mass is 9.88. The van der Waals surface area contributed by atoms with Crippen LogP contribution in [0.2, 0.25) is 0 Å². The highest BCUT2D eigenvalue weighted by Crippen LogP contribution is 2.26. The minimum Gasteiger partial charge on any atom is -0.331 e. The second kappa shape index (κ2) is 7.66. The standard InChI is InChI=1S/C22H26N2O/c1-4-16(2)22(25)23-20-12-8-6-10-18(20)15-21-19-11-7-5-9-17(19)13-14-24(21)3/h4-12,21H,13-15H2,1-3H3,(H,23,25)/p+1/b16-4+/t21-/m1/s1. The molecular formula is C22H27N2O+. The average Bonchev–Trinajstić information content (AvgIpc) is 2.64. The molecule has 1 aliphatic rings. The van der Waals surface area contributed by atoms with Crippen LogP contribution in [0.5, 0.6) is 0 Å². The van der Waals surface area contributed by atoms with E-state index in [9.17, 15) is 4.79 Å². The molecule has 0 bridgehead atoms. The average molecular weight is 335 g/mol. The molecule has 2 aromatic rings. The Kier molecular flexibility index (Phi) is 5.34. The summed E-state index contributed by atoms with van der Waals surface area (Å²) in [5.41, 5.74) is 5.76. The molecule has 0 aliphatic carbocycles. The maximum absolute atomic E-state index is 12.3. The van der Waals surface area contributed by atoms with Gasteiger partial charge >= 0.3 is 0 Å². The summed E-state index contributed by atoms with van der Waals surface area (Å²) in [5.74, 6) is -0.0281. The van der Waals surface area contributed by atoms with E-state index in [4.69, 9.17) is 0 Å². The van der Waals surface area contributed by atoms with Gasteiger partial charge in [0.15, 0.2) is 0 Å². The maximum Gasteiger partial charge on any atom is 0.250 e. The number of hydrogen-bond donors (Lipinski definition) is 2. The molecule has 2 aromatic carbocycles. The molecule has 130 valence electrons. The molecule has 2 N–H and O–H groups in total. The quantitative estimate of drug-likeness (QED) is 0.828. The number of quaternary nitrogens is 1. The predicted octanol–water partition coefficient (Wildman–Crippen LogP) is 2.95. The molecule has 0 saturated carbocycles. The van der Waals surface area contributed by atoms with Crippen LogP contribution in [0.3, 0.4) is 0 Å².